The van der Waals surface area contributed by atoms with E-state index in [0.29, 0.717) is 30.0 Å². The molecule has 10 nitrogen and oxygen atoms in total. The third-order valence-corrected chi connectivity index (χ3v) is 8.00. The number of carbonyl (C=O) groups is 1. The molecule has 5 aromatic rings. The summed E-state index contributed by atoms with van der Waals surface area (Å²) in [7, 11) is 0. The highest BCUT2D eigenvalue weighted by molar-refractivity contribution is 6.04. The van der Waals surface area contributed by atoms with Gasteiger partial charge < -0.3 is 21.3 Å². The van der Waals surface area contributed by atoms with Crippen LogP contribution in [0.5, 0.6) is 0 Å². The molecule has 4 N–H and O–H groups in total. The van der Waals surface area contributed by atoms with Crippen LogP contribution in [-0.4, -0.2) is 50.1 Å². The van der Waals surface area contributed by atoms with Gasteiger partial charge in [0.05, 0.1) is 11.9 Å². The van der Waals surface area contributed by atoms with Gasteiger partial charge in [0.25, 0.3) is 5.91 Å². The number of pyridine rings is 1. The van der Waals surface area contributed by atoms with Crippen molar-refractivity contribution >= 4 is 39.9 Å². The van der Waals surface area contributed by atoms with Gasteiger partial charge >= 0.3 is 0 Å². The molecule has 1 saturated heterocycles. The Bertz CT molecular complexity index is 1830. The number of anilines is 3. The van der Waals surface area contributed by atoms with Crippen molar-refractivity contribution < 1.29 is 9.18 Å². The second-order valence-corrected chi connectivity index (χ2v) is 11.4. The fourth-order valence-corrected chi connectivity index (χ4v) is 5.57. The maximum Gasteiger partial charge on any atom is 0.283 e. The van der Waals surface area contributed by atoms with Crippen molar-refractivity contribution in [2.45, 2.75) is 66.8 Å². The van der Waals surface area contributed by atoms with Crippen molar-refractivity contribution in [1.82, 2.24) is 29.9 Å². The average Bonchev–Trinajstić information content (AvgIpc) is 3.56. The molecule has 6 rings (SSSR count). The Kier molecular flexibility index (Phi) is 13.0. The number of fused-ring (bicyclic) bond motifs is 2. The Balaban J connectivity index is 0.00000125. The first-order chi connectivity index (χ1) is 23.4. The van der Waals surface area contributed by atoms with Crippen molar-refractivity contribution in [3.05, 3.63) is 84.5 Å². The van der Waals surface area contributed by atoms with E-state index in [2.05, 4.69) is 52.9 Å². The van der Waals surface area contributed by atoms with Crippen molar-refractivity contribution in [3.63, 3.8) is 0 Å². The predicted octanol–water partition coefficient (Wildman–Crippen LogP) is 7.96. The standard InChI is InChI=1S/C33H36FN9O.2C2H6/c1-20(2)28-19-39-43-30(28)41-32(37-17-22-10-13-35-14-11-22)42-33(43)38-18-24-6-4-5-7-26(24)29-27-9-8-25(40-31(44)21(3)34)16-23(27)12-15-36-29;2*1-2/h4-9,12,15-16,19-20,22,35H,3,10-11,13-14,17-18H2,1-2H3,(H,40,44)(H2,37,38,41,42);2*1-2H3. The first-order valence-corrected chi connectivity index (χ1v) is 16.9. The number of hydrogen-bond acceptors (Lipinski definition) is 8. The van der Waals surface area contributed by atoms with E-state index < -0.39 is 11.7 Å². The topological polar surface area (TPSA) is 121 Å². The molecule has 0 saturated carbocycles. The summed E-state index contributed by atoms with van der Waals surface area (Å²) >= 11 is 0. The Morgan fingerprint density at radius 3 is 2.52 bits per heavy atom. The van der Waals surface area contributed by atoms with E-state index in [4.69, 9.17) is 15.0 Å². The van der Waals surface area contributed by atoms with Crippen LogP contribution in [0.1, 0.15) is 71.4 Å². The van der Waals surface area contributed by atoms with Crippen LogP contribution in [0.3, 0.4) is 0 Å². The Morgan fingerprint density at radius 2 is 1.79 bits per heavy atom. The van der Waals surface area contributed by atoms with E-state index in [9.17, 15) is 9.18 Å². The number of nitrogens with one attached hydrogen (secondary N) is 4. The molecule has 3 aromatic heterocycles. The molecule has 11 heteroatoms. The zero-order valence-corrected chi connectivity index (χ0v) is 28.9. The number of benzene rings is 2. The Labute approximate surface area is 282 Å². The van der Waals surface area contributed by atoms with Gasteiger partial charge in [-0.2, -0.15) is 19.6 Å². The predicted molar refractivity (Wildman–Crippen MR) is 195 cm³/mol. The van der Waals surface area contributed by atoms with Gasteiger partial charge in [-0.3, -0.25) is 9.78 Å². The fourth-order valence-electron chi connectivity index (χ4n) is 5.57. The van der Waals surface area contributed by atoms with Gasteiger partial charge in [0.15, 0.2) is 11.5 Å². The van der Waals surface area contributed by atoms with Gasteiger partial charge in [0.2, 0.25) is 11.9 Å². The minimum absolute atomic E-state index is 0.260. The first-order valence-electron chi connectivity index (χ1n) is 16.9. The van der Waals surface area contributed by atoms with Gasteiger partial charge in [-0.25, -0.2) is 4.39 Å². The van der Waals surface area contributed by atoms with Gasteiger partial charge in [0.1, 0.15) is 0 Å². The molecule has 0 bridgehead atoms. The zero-order valence-electron chi connectivity index (χ0n) is 28.9. The lowest BCUT2D eigenvalue weighted by molar-refractivity contribution is -0.114. The molecule has 48 heavy (non-hydrogen) atoms. The van der Waals surface area contributed by atoms with Crippen LogP contribution >= 0.6 is 0 Å². The summed E-state index contributed by atoms with van der Waals surface area (Å²) in [5.41, 5.74) is 5.10. The smallest absolute Gasteiger partial charge is 0.283 e. The Morgan fingerprint density at radius 1 is 1.04 bits per heavy atom. The SMILES string of the molecule is C=C(F)C(=O)Nc1ccc2c(-c3ccccc3CNc3nc(NCC4CCNCC4)nc4c(C(C)C)cnn34)nccc2c1.CC.CC. The summed E-state index contributed by atoms with van der Waals surface area (Å²) in [5.74, 6) is 0.126. The summed E-state index contributed by atoms with van der Waals surface area (Å²) in [6, 6.07) is 15.3. The van der Waals surface area contributed by atoms with Crippen LogP contribution in [0.4, 0.5) is 22.0 Å². The number of rotatable bonds is 10. The van der Waals surface area contributed by atoms with E-state index in [1.807, 2.05) is 64.2 Å². The van der Waals surface area contributed by atoms with Crippen molar-refractivity contribution in [1.29, 1.82) is 0 Å². The number of piperidine rings is 1. The molecule has 2 aromatic carbocycles. The lowest BCUT2D eigenvalue weighted by atomic mass is 9.98. The monoisotopic (exact) mass is 653 g/mol. The molecule has 254 valence electrons. The van der Waals surface area contributed by atoms with E-state index in [0.717, 1.165) is 71.3 Å². The van der Waals surface area contributed by atoms with Gasteiger partial charge in [-0.15, -0.1) is 0 Å². The third kappa shape index (κ3) is 8.51. The molecular weight excluding hydrogens is 605 g/mol. The fraction of sp³-hybridized carbons (Fsp3) is 0.378. The normalized spacial score (nSPS) is 12.9. The maximum atomic E-state index is 13.2. The van der Waals surface area contributed by atoms with Crippen molar-refractivity contribution in [3.8, 4) is 11.3 Å². The molecule has 0 spiro atoms. The van der Waals surface area contributed by atoms with Crippen LogP contribution in [0.25, 0.3) is 27.7 Å². The molecule has 1 fully saturated rings. The van der Waals surface area contributed by atoms with Gasteiger partial charge in [-0.05, 0) is 66.9 Å². The third-order valence-electron chi connectivity index (χ3n) is 8.00. The van der Waals surface area contributed by atoms with Crippen LogP contribution in [-0.2, 0) is 11.3 Å². The summed E-state index contributed by atoms with van der Waals surface area (Å²) in [5, 5.41) is 19.3. The second kappa shape index (κ2) is 17.3. The number of aromatic nitrogens is 5. The van der Waals surface area contributed by atoms with Crippen LogP contribution in [0.2, 0.25) is 0 Å². The zero-order chi connectivity index (χ0) is 34.6. The van der Waals surface area contributed by atoms with E-state index in [1.54, 1.807) is 22.8 Å². The number of hydrogen-bond donors (Lipinski definition) is 4. The van der Waals surface area contributed by atoms with E-state index in [1.165, 1.54) is 0 Å². The van der Waals surface area contributed by atoms with Crippen LogP contribution < -0.4 is 21.3 Å². The summed E-state index contributed by atoms with van der Waals surface area (Å²) in [6.45, 7) is 18.7. The molecule has 1 aliphatic heterocycles. The molecule has 1 amide bonds. The molecule has 4 heterocycles. The van der Waals surface area contributed by atoms with Gasteiger partial charge in [-0.1, -0.05) is 78.5 Å². The molecule has 0 atom stereocenters. The molecular formula is C37H48FN9O. The Hall–Kier alpha value is -4.90. The summed E-state index contributed by atoms with van der Waals surface area (Å²) < 4.78 is 15.0. The van der Waals surface area contributed by atoms with Crippen LogP contribution in [0.15, 0.2) is 73.3 Å². The maximum absolute atomic E-state index is 13.2. The minimum Gasteiger partial charge on any atom is -0.354 e. The number of carbonyl (C=O) groups excluding carboxylic acids is 1. The average molecular weight is 654 g/mol. The number of halogens is 1. The molecule has 0 radical (unpaired) electrons. The van der Waals surface area contributed by atoms with E-state index >= 15 is 0 Å². The van der Waals surface area contributed by atoms with Crippen LogP contribution in [0, 0.1) is 5.92 Å². The molecule has 1 aliphatic rings. The first kappa shape index (κ1) is 35.9. The molecule has 0 unspecified atom stereocenters. The highest BCUT2D eigenvalue weighted by Gasteiger charge is 2.18. The number of nitrogens with zero attached hydrogens (tertiary/aromatic N) is 5. The summed E-state index contributed by atoms with van der Waals surface area (Å²) in [6.07, 6.45) is 5.86. The van der Waals surface area contributed by atoms with Gasteiger partial charge in [0, 0.05) is 41.5 Å². The lowest BCUT2D eigenvalue weighted by Gasteiger charge is -2.22. The highest BCUT2D eigenvalue weighted by Crippen LogP contribution is 2.31. The van der Waals surface area contributed by atoms with E-state index in [-0.39, 0.29) is 5.92 Å². The summed E-state index contributed by atoms with van der Waals surface area (Å²) in [4.78, 5) is 26.2. The van der Waals surface area contributed by atoms with Crippen molar-refractivity contribution in [2.75, 3.05) is 35.6 Å². The largest absolute Gasteiger partial charge is 0.354 e. The lowest BCUT2D eigenvalue weighted by Crippen LogP contribution is -2.31. The number of amides is 1. The molecule has 0 aliphatic carbocycles. The van der Waals surface area contributed by atoms with Crippen molar-refractivity contribution in [2.24, 2.45) is 5.92 Å². The second-order valence-electron chi connectivity index (χ2n) is 11.4. The highest BCUT2D eigenvalue weighted by atomic mass is 19.1. The quantitative estimate of drug-likeness (QED) is 0.112. The minimum atomic E-state index is -1.04.